The van der Waals surface area contributed by atoms with Gasteiger partial charge < -0.3 is 0 Å². The fraction of sp³-hybridized carbons (Fsp3) is 0.269. The molecule has 3 aromatic carbocycles. The molecule has 2 aliphatic rings. The molecule has 6 heteroatoms. The van der Waals surface area contributed by atoms with Gasteiger partial charge in [0.2, 0.25) is 0 Å². The number of fused-ring (bicyclic) bond motifs is 2. The second-order valence-corrected chi connectivity index (χ2v) is 10.8. The molecular formula is C26H24FNO3S. The van der Waals surface area contributed by atoms with E-state index in [9.17, 15) is 17.6 Å². The predicted molar refractivity (Wildman–Crippen MR) is 120 cm³/mol. The Balaban J connectivity index is 1.66. The van der Waals surface area contributed by atoms with Crippen LogP contribution in [0.2, 0.25) is 0 Å². The molecule has 0 radical (unpaired) electrons. The van der Waals surface area contributed by atoms with E-state index in [0.717, 1.165) is 5.56 Å². The van der Waals surface area contributed by atoms with Crippen molar-refractivity contribution in [2.45, 2.75) is 47.5 Å². The Hall–Kier alpha value is -2.83. The first-order valence-electron chi connectivity index (χ1n) is 10.8. The number of carbonyl (C=O) groups is 1. The van der Waals surface area contributed by atoms with Gasteiger partial charge in [0.05, 0.1) is 10.1 Å². The third-order valence-corrected chi connectivity index (χ3v) is 9.14. The molecule has 4 nitrogen and oxygen atoms in total. The summed E-state index contributed by atoms with van der Waals surface area (Å²) in [5, 5.41) is -0.717. The van der Waals surface area contributed by atoms with Crippen LogP contribution < -0.4 is 0 Å². The van der Waals surface area contributed by atoms with Crippen molar-refractivity contribution >= 4 is 15.6 Å². The maximum absolute atomic E-state index is 13.7. The van der Waals surface area contributed by atoms with Crippen molar-refractivity contribution in [3.05, 3.63) is 102 Å². The first kappa shape index (κ1) is 21.0. The normalized spacial score (nSPS) is 25.7. The van der Waals surface area contributed by atoms with E-state index in [2.05, 4.69) is 4.90 Å². The number of halogens is 1. The number of piperidine rings is 1. The van der Waals surface area contributed by atoms with Crippen molar-refractivity contribution in [3.8, 4) is 0 Å². The summed E-state index contributed by atoms with van der Waals surface area (Å²) in [7, 11) is -3.66. The molecule has 5 rings (SSSR count). The first-order valence-corrected chi connectivity index (χ1v) is 12.4. The zero-order valence-corrected chi connectivity index (χ0v) is 18.3. The van der Waals surface area contributed by atoms with Gasteiger partial charge in [-0.1, -0.05) is 60.7 Å². The molecule has 0 spiro atoms. The van der Waals surface area contributed by atoms with Gasteiger partial charge in [-0.3, -0.25) is 9.69 Å². The van der Waals surface area contributed by atoms with Crippen LogP contribution in [0.3, 0.4) is 0 Å². The zero-order valence-electron chi connectivity index (χ0n) is 17.5. The fourth-order valence-corrected chi connectivity index (χ4v) is 7.48. The topological polar surface area (TPSA) is 54.5 Å². The molecule has 2 aliphatic heterocycles. The fourth-order valence-electron chi connectivity index (χ4n) is 5.43. The quantitative estimate of drug-likeness (QED) is 0.576. The molecule has 2 saturated heterocycles. The molecule has 0 aliphatic carbocycles. The molecule has 3 atom stereocenters. The summed E-state index contributed by atoms with van der Waals surface area (Å²) in [5.74, 6) is -0.381. The maximum atomic E-state index is 13.7. The van der Waals surface area contributed by atoms with Gasteiger partial charge >= 0.3 is 0 Å². The Kier molecular flexibility index (Phi) is 5.22. The van der Waals surface area contributed by atoms with Crippen LogP contribution in [-0.4, -0.2) is 30.4 Å². The van der Waals surface area contributed by atoms with Crippen molar-refractivity contribution < 1.29 is 17.6 Å². The van der Waals surface area contributed by atoms with Crippen LogP contribution in [0.5, 0.6) is 0 Å². The minimum absolute atomic E-state index is 0.00190. The number of nitrogens with zero attached hydrogens (tertiary/aromatic N) is 1. The van der Waals surface area contributed by atoms with Gasteiger partial charge in [-0.05, 0) is 48.2 Å². The lowest BCUT2D eigenvalue weighted by molar-refractivity contribution is -0.135. The molecular weight excluding hydrogens is 425 g/mol. The Morgan fingerprint density at radius 1 is 0.906 bits per heavy atom. The van der Waals surface area contributed by atoms with Crippen molar-refractivity contribution in [3.63, 3.8) is 0 Å². The molecule has 32 heavy (non-hydrogen) atoms. The Morgan fingerprint density at radius 3 is 2.19 bits per heavy atom. The van der Waals surface area contributed by atoms with Gasteiger partial charge in [-0.25, -0.2) is 12.8 Å². The van der Waals surface area contributed by atoms with Gasteiger partial charge in [0.25, 0.3) is 0 Å². The second kappa shape index (κ2) is 7.94. The highest BCUT2D eigenvalue weighted by Crippen LogP contribution is 2.52. The molecule has 164 valence electrons. The molecule has 3 unspecified atom stereocenters. The number of hydrogen-bond donors (Lipinski definition) is 0. The molecule has 0 aromatic heterocycles. The number of sulfone groups is 1. The van der Waals surface area contributed by atoms with Crippen LogP contribution in [0, 0.1) is 5.82 Å². The van der Waals surface area contributed by atoms with Crippen molar-refractivity contribution in [1.29, 1.82) is 0 Å². The van der Waals surface area contributed by atoms with Gasteiger partial charge in [0, 0.05) is 19.0 Å². The highest BCUT2D eigenvalue weighted by atomic mass is 32.2. The highest BCUT2D eigenvalue weighted by Gasteiger charge is 2.62. The summed E-state index contributed by atoms with van der Waals surface area (Å²) >= 11 is 0. The number of benzene rings is 3. The second-order valence-electron chi connectivity index (χ2n) is 8.61. The van der Waals surface area contributed by atoms with Crippen LogP contribution in [-0.2, 0) is 26.7 Å². The van der Waals surface area contributed by atoms with E-state index in [-0.39, 0.29) is 29.0 Å². The van der Waals surface area contributed by atoms with Gasteiger partial charge in [-0.15, -0.1) is 0 Å². The number of rotatable bonds is 5. The Labute approximate surface area is 187 Å². The lowest BCUT2D eigenvalue weighted by Crippen LogP contribution is -2.54. The van der Waals surface area contributed by atoms with Gasteiger partial charge in [0.1, 0.15) is 11.4 Å². The summed E-state index contributed by atoms with van der Waals surface area (Å²) in [6.07, 6.45) is 0.978. The lowest BCUT2D eigenvalue weighted by atomic mass is 9.80. The van der Waals surface area contributed by atoms with E-state index in [1.54, 1.807) is 42.5 Å². The number of ketones is 1. The van der Waals surface area contributed by atoms with Crippen LogP contribution >= 0.6 is 0 Å². The molecule has 0 N–H and O–H groups in total. The van der Waals surface area contributed by atoms with E-state index in [0.29, 0.717) is 24.9 Å². The van der Waals surface area contributed by atoms with Crippen molar-refractivity contribution in [1.82, 2.24) is 4.90 Å². The summed E-state index contributed by atoms with van der Waals surface area (Å²) in [5.41, 5.74) is 0.589. The van der Waals surface area contributed by atoms with E-state index in [1.807, 2.05) is 30.3 Å². The Bertz CT molecular complexity index is 1230. The summed E-state index contributed by atoms with van der Waals surface area (Å²) < 4.78 is 41.1. The van der Waals surface area contributed by atoms with E-state index >= 15 is 0 Å². The van der Waals surface area contributed by atoms with Crippen LogP contribution in [0.25, 0.3) is 0 Å². The Morgan fingerprint density at radius 2 is 1.53 bits per heavy atom. The minimum Gasteiger partial charge on any atom is -0.297 e. The molecule has 2 heterocycles. The average Bonchev–Trinajstić information content (AvgIpc) is 3.05. The number of hydrogen-bond acceptors (Lipinski definition) is 4. The molecule has 0 saturated carbocycles. The average molecular weight is 450 g/mol. The van der Waals surface area contributed by atoms with Gasteiger partial charge in [-0.2, -0.15) is 0 Å². The van der Waals surface area contributed by atoms with Crippen LogP contribution in [0.1, 0.15) is 30.4 Å². The van der Waals surface area contributed by atoms with E-state index < -0.39 is 20.6 Å². The lowest BCUT2D eigenvalue weighted by Gasteiger charge is -2.44. The minimum atomic E-state index is -3.66. The largest absolute Gasteiger partial charge is 0.297 e. The molecule has 3 aromatic rings. The monoisotopic (exact) mass is 449 g/mol. The summed E-state index contributed by atoms with van der Waals surface area (Å²) in [6, 6.07) is 23.9. The predicted octanol–water partition coefficient (Wildman–Crippen LogP) is 4.50. The van der Waals surface area contributed by atoms with E-state index in [1.165, 1.54) is 12.1 Å². The van der Waals surface area contributed by atoms with Gasteiger partial charge in [0.15, 0.2) is 15.6 Å². The van der Waals surface area contributed by atoms with Crippen LogP contribution in [0.4, 0.5) is 4.39 Å². The standard InChI is InChI=1S/C26H24FNO3S/c27-21-13-11-20(12-14-21)26-17-24(32(30,31)22-9-5-2-6-10-22)23(15-16-25(26)29)28(26)18-19-7-3-1-4-8-19/h1-14,23-24H,15-18H2. The molecule has 0 amide bonds. The van der Waals surface area contributed by atoms with Crippen molar-refractivity contribution in [2.75, 3.05) is 0 Å². The third kappa shape index (κ3) is 3.29. The third-order valence-electron chi connectivity index (χ3n) is 6.93. The number of Topliss-reactive ketones (excluding diaryl/α,β-unsaturated/α-hetero) is 1. The SMILES string of the molecule is O=C1CCC2C(S(=O)(=O)c3ccccc3)CC1(c1ccc(F)cc1)N2Cc1ccccc1. The smallest absolute Gasteiger partial charge is 0.182 e. The maximum Gasteiger partial charge on any atom is 0.182 e. The zero-order chi connectivity index (χ0) is 22.3. The summed E-state index contributed by atoms with van der Waals surface area (Å²) in [6.45, 7) is 0.454. The highest BCUT2D eigenvalue weighted by molar-refractivity contribution is 7.92. The molecule has 2 fully saturated rings. The number of carbonyl (C=O) groups excluding carboxylic acids is 1. The molecule has 2 bridgehead atoms. The van der Waals surface area contributed by atoms with E-state index in [4.69, 9.17) is 0 Å². The van der Waals surface area contributed by atoms with Crippen LogP contribution in [0.15, 0.2) is 89.8 Å². The summed E-state index contributed by atoms with van der Waals surface area (Å²) in [4.78, 5) is 15.9. The van der Waals surface area contributed by atoms with Crippen molar-refractivity contribution in [2.24, 2.45) is 0 Å². The first-order chi connectivity index (χ1) is 15.4.